The molecule has 1 atom stereocenters. The standard InChI is InChI=1S/C26H31ClN6O2/c1-18-3-4-23(24(27)11-18)20-12-21(14-22(13-20)33-17-28-30-31-33)25(34)29-19(2)15-32-8-5-26(6-9-32)7-10-35-16-26/h3-4,11-14,17,19H,5-10,15-16H2,1-2H3,(H,29,34). The molecule has 2 aromatic carbocycles. The second-order valence-electron chi connectivity index (χ2n) is 9.98. The van der Waals surface area contributed by atoms with Crippen LogP contribution in [-0.4, -0.2) is 69.9 Å². The van der Waals surface area contributed by atoms with Gasteiger partial charge >= 0.3 is 0 Å². The lowest BCUT2D eigenvalue weighted by Crippen LogP contribution is -2.47. The van der Waals surface area contributed by atoms with Gasteiger partial charge in [-0.2, -0.15) is 0 Å². The third-order valence-corrected chi connectivity index (χ3v) is 7.55. The van der Waals surface area contributed by atoms with E-state index in [4.69, 9.17) is 16.3 Å². The molecule has 9 heteroatoms. The van der Waals surface area contributed by atoms with Crippen molar-refractivity contribution >= 4 is 17.5 Å². The molecule has 3 aromatic rings. The highest BCUT2D eigenvalue weighted by Gasteiger charge is 2.38. The first kappa shape index (κ1) is 23.9. The van der Waals surface area contributed by atoms with Gasteiger partial charge in [-0.3, -0.25) is 4.79 Å². The van der Waals surface area contributed by atoms with Gasteiger partial charge in [0, 0.05) is 35.3 Å². The number of hydrogen-bond donors (Lipinski definition) is 1. The molecule has 2 saturated heterocycles. The summed E-state index contributed by atoms with van der Waals surface area (Å²) >= 11 is 6.55. The zero-order chi connectivity index (χ0) is 24.4. The second-order valence-corrected chi connectivity index (χ2v) is 10.4. The van der Waals surface area contributed by atoms with Gasteiger partial charge in [-0.1, -0.05) is 23.7 Å². The van der Waals surface area contributed by atoms with E-state index in [1.807, 2.05) is 37.3 Å². The SMILES string of the molecule is Cc1ccc(-c2cc(C(=O)NC(C)CN3CCC4(CCOC4)CC3)cc(-n3cnnn3)c2)c(Cl)c1. The van der Waals surface area contributed by atoms with Gasteiger partial charge < -0.3 is 15.0 Å². The molecule has 0 bridgehead atoms. The summed E-state index contributed by atoms with van der Waals surface area (Å²) in [6.45, 7) is 8.78. The molecule has 8 nitrogen and oxygen atoms in total. The molecule has 2 aliphatic rings. The van der Waals surface area contributed by atoms with Crippen LogP contribution in [0.4, 0.5) is 0 Å². The van der Waals surface area contributed by atoms with Gasteiger partial charge in [-0.15, -0.1) is 5.10 Å². The van der Waals surface area contributed by atoms with Crippen molar-refractivity contribution < 1.29 is 9.53 Å². The Hall–Kier alpha value is -2.81. The van der Waals surface area contributed by atoms with Crippen molar-refractivity contribution in [1.29, 1.82) is 0 Å². The Labute approximate surface area is 210 Å². The molecule has 1 spiro atoms. The predicted octanol–water partition coefficient (Wildman–Crippen LogP) is 3.91. The van der Waals surface area contributed by atoms with Gasteiger partial charge in [0.05, 0.1) is 12.3 Å². The maximum atomic E-state index is 13.3. The number of halogens is 1. The summed E-state index contributed by atoms with van der Waals surface area (Å²) < 4.78 is 7.19. The molecule has 0 aliphatic carbocycles. The van der Waals surface area contributed by atoms with Crippen LogP contribution in [0.1, 0.15) is 42.1 Å². The van der Waals surface area contributed by atoms with Crippen molar-refractivity contribution in [2.45, 2.75) is 39.2 Å². The molecule has 0 saturated carbocycles. The summed E-state index contributed by atoms with van der Waals surface area (Å²) in [7, 11) is 0. The molecule has 35 heavy (non-hydrogen) atoms. The van der Waals surface area contributed by atoms with E-state index in [0.717, 1.165) is 49.5 Å². The zero-order valence-corrected chi connectivity index (χ0v) is 21.0. The van der Waals surface area contributed by atoms with Crippen LogP contribution in [0.25, 0.3) is 16.8 Å². The molecule has 1 unspecified atom stereocenters. The fourth-order valence-electron chi connectivity index (χ4n) is 5.16. The Morgan fingerprint density at radius 1 is 1.20 bits per heavy atom. The number of nitrogens with one attached hydrogen (secondary N) is 1. The van der Waals surface area contributed by atoms with E-state index in [1.165, 1.54) is 25.6 Å². The highest BCUT2D eigenvalue weighted by Crippen LogP contribution is 2.39. The summed E-state index contributed by atoms with van der Waals surface area (Å²) in [4.78, 5) is 15.8. The largest absolute Gasteiger partial charge is 0.381 e. The smallest absolute Gasteiger partial charge is 0.251 e. The quantitative estimate of drug-likeness (QED) is 0.559. The monoisotopic (exact) mass is 494 g/mol. The number of carbonyl (C=O) groups excluding carboxylic acids is 1. The first-order valence-electron chi connectivity index (χ1n) is 12.2. The maximum absolute atomic E-state index is 13.3. The van der Waals surface area contributed by atoms with E-state index in [1.54, 1.807) is 10.7 Å². The molecule has 1 aromatic heterocycles. The Kier molecular flexibility index (Phi) is 6.86. The summed E-state index contributed by atoms with van der Waals surface area (Å²) in [6, 6.07) is 11.5. The van der Waals surface area contributed by atoms with Crippen LogP contribution in [0.15, 0.2) is 42.7 Å². The average molecular weight is 495 g/mol. The number of likely N-dealkylation sites (tertiary alicyclic amines) is 1. The van der Waals surface area contributed by atoms with E-state index < -0.39 is 0 Å². The number of piperidine rings is 1. The van der Waals surface area contributed by atoms with E-state index in [9.17, 15) is 4.79 Å². The number of amides is 1. The third kappa shape index (κ3) is 5.39. The molecule has 5 rings (SSSR count). The van der Waals surface area contributed by atoms with Crippen molar-refractivity contribution in [3.63, 3.8) is 0 Å². The molecule has 0 radical (unpaired) electrons. The van der Waals surface area contributed by atoms with Gasteiger partial charge in [0.15, 0.2) is 0 Å². The number of ether oxygens (including phenoxy) is 1. The number of nitrogens with zero attached hydrogens (tertiary/aromatic N) is 5. The fourth-order valence-corrected chi connectivity index (χ4v) is 5.50. The van der Waals surface area contributed by atoms with Crippen molar-refractivity contribution in [3.05, 3.63) is 58.9 Å². The van der Waals surface area contributed by atoms with Gasteiger partial charge in [-0.05, 0) is 97.4 Å². The average Bonchev–Trinajstić information content (AvgIpc) is 3.53. The maximum Gasteiger partial charge on any atom is 0.251 e. The van der Waals surface area contributed by atoms with Gasteiger partial charge in [-0.25, -0.2) is 4.68 Å². The van der Waals surface area contributed by atoms with E-state index >= 15 is 0 Å². The van der Waals surface area contributed by atoms with Crippen molar-refractivity contribution in [1.82, 2.24) is 30.4 Å². The van der Waals surface area contributed by atoms with Crippen LogP contribution in [0.2, 0.25) is 5.02 Å². The van der Waals surface area contributed by atoms with Crippen molar-refractivity contribution in [2.75, 3.05) is 32.8 Å². The molecule has 2 aliphatic heterocycles. The molecular formula is C26H31ClN6O2. The van der Waals surface area contributed by atoms with Gasteiger partial charge in [0.1, 0.15) is 6.33 Å². The zero-order valence-electron chi connectivity index (χ0n) is 20.2. The Morgan fingerprint density at radius 2 is 2.03 bits per heavy atom. The summed E-state index contributed by atoms with van der Waals surface area (Å²) in [5, 5.41) is 15.3. The summed E-state index contributed by atoms with van der Waals surface area (Å²) in [6.07, 6.45) is 5.03. The number of aryl methyl sites for hydroxylation is 1. The predicted molar refractivity (Wildman–Crippen MR) is 135 cm³/mol. The minimum Gasteiger partial charge on any atom is -0.381 e. The molecule has 184 valence electrons. The Bertz CT molecular complexity index is 1180. The molecule has 2 fully saturated rings. The number of aromatic nitrogens is 4. The van der Waals surface area contributed by atoms with Gasteiger partial charge in [0.2, 0.25) is 0 Å². The lowest BCUT2D eigenvalue weighted by atomic mass is 9.78. The fraction of sp³-hybridized carbons (Fsp3) is 0.462. The van der Waals surface area contributed by atoms with Crippen LogP contribution >= 0.6 is 11.6 Å². The van der Waals surface area contributed by atoms with Crippen molar-refractivity contribution in [2.24, 2.45) is 5.41 Å². The lowest BCUT2D eigenvalue weighted by molar-refractivity contribution is 0.0741. The van der Waals surface area contributed by atoms with Gasteiger partial charge in [0.25, 0.3) is 5.91 Å². The highest BCUT2D eigenvalue weighted by molar-refractivity contribution is 6.33. The topological polar surface area (TPSA) is 85.2 Å². The lowest BCUT2D eigenvalue weighted by Gasteiger charge is -2.39. The van der Waals surface area contributed by atoms with Crippen LogP contribution in [0.3, 0.4) is 0 Å². The second kappa shape index (κ2) is 10.0. The highest BCUT2D eigenvalue weighted by atomic mass is 35.5. The Balaban J connectivity index is 1.31. The minimum absolute atomic E-state index is 0.0134. The van der Waals surface area contributed by atoms with E-state index in [2.05, 4.69) is 32.7 Å². The van der Waals surface area contributed by atoms with Crippen LogP contribution in [0, 0.1) is 12.3 Å². The number of rotatable bonds is 6. The molecule has 1 amide bonds. The first-order valence-corrected chi connectivity index (χ1v) is 12.5. The number of benzene rings is 2. The van der Waals surface area contributed by atoms with E-state index in [-0.39, 0.29) is 11.9 Å². The minimum atomic E-state index is -0.130. The molecule has 3 heterocycles. The third-order valence-electron chi connectivity index (χ3n) is 7.24. The Morgan fingerprint density at radius 3 is 2.71 bits per heavy atom. The van der Waals surface area contributed by atoms with Crippen molar-refractivity contribution in [3.8, 4) is 16.8 Å². The van der Waals surface area contributed by atoms with Crippen LogP contribution in [-0.2, 0) is 4.74 Å². The van der Waals surface area contributed by atoms with Crippen LogP contribution < -0.4 is 5.32 Å². The molecular weight excluding hydrogens is 464 g/mol. The summed E-state index contributed by atoms with van der Waals surface area (Å²) in [5.74, 6) is -0.130. The van der Waals surface area contributed by atoms with E-state index in [0.29, 0.717) is 21.7 Å². The normalized spacial score (nSPS) is 18.6. The number of tetrazole rings is 1. The summed E-state index contributed by atoms with van der Waals surface area (Å²) in [5.41, 5.74) is 4.38. The van der Waals surface area contributed by atoms with Crippen LogP contribution in [0.5, 0.6) is 0 Å². The number of carbonyl (C=O) groups is 1. The molecule has 1 N–H and O–H groups in total. The number of hydrogen-bond acceptors (Lipinski definition) is 6. The first-order chi connectivity index (χ1) is 16.9.